The molecule has 0 aliphatic heterocycles. The summed E-state index contributed by atoms with van der Waals surface area (Å²) in [5, 5.41) is 21.4. The molecule has 0 saturated heterocycles. The van der Waals surface area contributed by atoms with E-state index >= 15 is 0 Å². The predicted molar refractivity (Wildman–Crippen MR) is 47.0 cm³/mol. The van der Waals surface area contributed by atoms with Gasteiger partial charge in [0.25, 0.3) is 0 Å². The first kappa shape index (κ1) is 3.77. The van der Waals surface area contributed by atoms with Gasteiger partial charge in [-0.2, -0.15) is 0 Å². The van der Waals surface area contributed by atoms with Crippen LogP contribution < -0.4 is 5.32 Å². The van der Waals surface area contributed by atoms with E-state index in [9.17, 15) is 10.2 Å². The van der Waals surface area contributed by atoms with Crippen molar-refractivity contribution in [2.75, 3.05) is 13.5 Å². The van der Waals surface area contributed by atoms with E-state index in [2.05, 4.69) is 5.32 Å². The summed E-state index contributed by atoms with van der Waals surface area (Å²) in [4.78, 5) is 0. The lowest BCUT2D eigenvalue weighted by Gasteiger charge is -2.09. The average Bonchev–Trinajstić information content (AvgIpc) is 2.34. The molecule has 0 heterocycles. The van der Waals surface area contributed by atoms with E-state index < -0.39 is 48.1 Å². The zero-order chi connectivity index (χ0) is 14.2. The molecular weight excluding hydrogens is 154 g/mol. The number of hydrogen-bond acceptors (Lipinski definition) is 3. The van der Waals surface area contributed by atoms with Crippen LogP contribution in [0, 0.1) is 0 Å². The van der Waals surface area contributed by atoms with Crippen LogP contribution >= 0.6 is 0 Å². The summed E-state index contributed by atoms with van der Waals surface area (Å²) in [6, 6.07) is -2.71. The number of phenolic OH excluding ortho intramolecular Hbond substituents is 1. The Labute approximate surface area is 80.1 Å². The highest BCUT2D eigenvalue weighted by Gasteiger charge is 2.05. The lowest BCUT2D eigenvalue weighted by molar-refractivity contribution is 0.177. The zero-order valence-electron chi connectivity index (χ0n) is 12.5. The van der Waals surface area contributed by atoms with Crippen molar-refractivity contribution in [1.82, 2.24) is 5.32 Å². The second-order valence-electron chi connectivity index (χ2n) is 2.06. The molecule has 1 aromatic carbocycles. The Balaban J connectivity index is 3.52. The van der Waals surface area contributed by atoms with E-state index in [1.165, 1.54) is 7.05 Å². The molecule has 12 heavy (non-hydrogen) atoms. The molecule has 3 heteroatoms. The predicted octanol–water partition coefficient (Wildman–Crippen LogP) is 0.645. The van der Waals surface area contributed by atoms with Gasteiger partial charge >= 0.3 is 0 Å². The molecular formula is C9H13NO2. The van der Waals surface area contributed by atoms with Crippen molar-refractivity contribution in [1.29, 1.82) is 0 Å². The highest BCUT2D eigenvalue weighted by molar-refractivity contribution is 5.28. The minimum atomic E-state index is -2.33. The van der Waals surface area contributed by atoms with Crippen LogP contribution in [0.4, 0.5) is 0 Å². The van der Waals surface area contributed by atoms with Gasteiger partial charge < -0.3 is 15.5 Å². The first-order valence-electron chi connectivity index (χ1n) is 6.31. The number of aliphatic hydroxyl groups is 1. The summed E-state index contributed by atoms with van der Waals surface area (Å²) in [5.41, 5.74) is -0.521. The Morgan fingerprint density at radius 1 is 1.75 bits per heavy atom. The molecule has 0 fully saturated rings. The van der Waals surface area contributed by atoms with Gasteiger partial charge in [0.2, 0.25) is 0 Å². The quantitative estimate of drug-likeness (QED) is 0.629. The third-order valence-electron chi connectivity index (χ3n) is 1.19. The maximum atomic E-state index is 9.82. The van der Waals surface area contributed by atoms with Crippen LogP contribution in [0.5, 0.6) is 5.75 Å². The molecule has 0 amide bonds. The van der Waals surface area contributed by atoms with E-state index in [0.29, 0.717) is 0 Å². The average molecular weight is 173 g/mol. The van der Waals surface area contributed by atoms with Crippen LogP contribution in [0.3, 0.4) is 0 Å². The molecule has 1 rings (SSSR count). The third-order valence-corrected chi connectivity index (χ3v) is 1.19. The number of rotatable bonds is 3. The Bertz CT molecular complexity index is 450. The minimum Gasteiger partial charge on any atom is -0.508 e. The van der Waals surface area contributed by atoms with E-state index in [0.717, 1.165) is 0 Å². The first-order chi connectivity index (χ1) is 8.15. The second kappa shape index (κ2) is 4.09. The standard InChI is InChI=1S/C9H13NO2/c1-10-6-9(12)7-3-2-4-8(11)5-7/h2-5,9-12H,6H2,1H3/i2D,3D,4D,5D,6D2. The van der Waals surface area contributed by atoms with Crippen molar-refractivity contribution in [2.24, 2.45) is 0 Å². The van der Waals surface area contributed by atoms with Gasteiger partial charge in [-0.1, -0.05) is 12.1 Å². The van der Waals surface area contributed by atoms with Gasteiger partial charge in [0, 0.05) is 9.24 Å². The van der Waals surface area contributed by atoms with Crippen molar-refractivity contribution in [3.63, 3.8) is 0 Å². The molecule has 3 nitrogen and oxygen atoms in total. The fourth-order valence-corrected chi connectivity index (χ4v) is 0.693. The van der Waals surface area contributed by atoms with Crippen LogP contribution in [0.2, 0.25) is 0 Å². The topological polar surface area (TPSA) is 52.5 Å². The molecule has 0 saturated carbocycles. The SMILES string of the molecule is [2H]c1c([2H])c(O)c([2H])c(C(O)C([2H])([2H])NC)c1[2H]. The van der Waals surface area contributed by atoms with Crippen molar-refractivity contribution >= 4 is 0 Å². The highest BCUT2D eigenvalue weighted by Crippen LogP contribution is 2.17. The van der Waals surface area contributed by atoms with E-state index in [1.807, 2.05) is 0 Å². The van der Waals surface area contributed by atoms with Gasteiger partial charge in [-0.15, -0.1) is 0 Å². The van der Waals surface area contributed by atoms with Gasteiger partial charge in [-0.3, -0.25) is 0 Å². The number of hydrogen-bond donors (Lipinski definition) is 3. The molecule has 1 aromatic rings. The Morgan fingerprint density at radius 3 is 3.17 bits per heavy atom. The summed E-state index contributed by atoms with van der Waals surface area (Å²) in [5.74, 6) is -0.850. The summed E-state index contributed by atoms with van der Waals surface area (Å²) in [6.45, 7) is -2.33. The Hall–Kier alpha value is -1.06. The number of benzene rings is 1. The molecule has 66 valence electrons. The zero-order valence-corrected chi connectivity index (χ0v) is 6.47. The molecule has 0 radical (unpaired) electrons. The molecule has 3 N–H and O–H groups in total. The monoisotopic (exact) mass is 173 g/mol. The van der Waals surface area contributed by atoms with E-state index in [1.54, 1.807) is 0 Å². The van der Waals surface area contributed by atoms with Crippen molar-refractivity contribution < 1.29 is 18.4 Å². The maximum absolute atomic E-state index is 9.82. The number of phenols is 1. The van der Waals surface area contributed by atoms with Crippen LogP contribution in [0.25, 0.3) is 0 Å². The number of aromatic hydroxyl groups is 1. The summed E-state index contributed by atoms with van der Waals surface area (Å²) in [7, 11) is 1.25. The lowest BCUT2D eigenvalue weighted by Crippen LogP contribution is -2.16. The molecule has 0 aliphatic carbocycles. The summed E-state index contributed by atoms with van der Waals surface area (Å²) in [6.07, 6.45) is -1.90. The molecule has 1 unspecified atom stereocenters. The summed E-state index contributed by atoms with van der Waals surface area (Å²) >= 11 is 0. The fourth-order valence-electron chi connectivity index (χ4n) is 0.693. The largest absolute Gasteiger partial charge is 0.508 e. The van der Waals surface area contributed by atoms with Crippen LogP contribution in [-0.2, 0) is 0 Å². The molecule has 0 aromatic heterocycles. The molecule has 0 spiro atoms. The minimum absolute atomic E-state index is 0.521. The molecule has 0 aliphatic rings. The van der Waals surface area contributed by atoms with E-state index in [4.69, 9.17) is 8.22 Å². The normalized spacial score (nSPS) is 21.2. The number of aliphatic hydroxyl groups excluding tert-OH is 1. The van der Waals surface area contributed by atoms with Gasteiger partial charge in [-0.25, -0.2) is 0 Å². The first-order valence-corrected chi connectivity index (χ1v) is 3.31. The van der Waals surface area contributed by atoms with Gasteiger partial charge in [-0.05, 0) is 24.7 Å². The number of nitrogens with one attached hydrogen (secondary N) is 1. The van der Waals surface area contributed by atoms with E-state index in [-0.39, 0.29) is 0 Å². The number of likely N-dealkylation sites (N-methyl/N-ethyl adjacent to an activating group) is 1. The lowest BCUT2D eigenvalue weighted by atomic mass is 10.1. The second-order valence-corrected chi connectivity index (χ2v) is 2.06. The molecule has 1 atom stereocenters. The van der Waals surface area contributed by atoms with Crippen LogP contribution in [0.1, 0.15) is 19.9 Å². The van der Waals surface area contributed by atoms with Crippen molar-refractivity contribution in [3.8, 4) is 5.75 Å². The van der Waals surface area contributed by atoms with Gasteiger partial charge in [0.15, 0.2) is 0 Å². The van der Waals surface area contributed by atoms with Crippen molar-refractivity contribution in [3.05, 3.63) is 29.7 Å². The van der Waals surface area contributed by atoms with Crippen LogP contribution in [0.15, 0.2) is 24.2 Å². The fraction of sp³-hybridized carbons (Fsp3) is 0.333. The summed E-state index contributed by atoms with van der Waals surface area (Å²) < 4.78 is 44.7. The Morgan fingerprint density at radius 2 is 2.50 bits per heavy atom. The van der Waals surface area contributed by atoms with Gasteiger partial charge in [0.1, 0.15) is 5.75 Å². The third kappa shape index (κ3) is 2.22. The highest BCUT2D eigenvalue weighted by atomic mass is 16.3. The van der Waals surface area contributed by atoms with Crippen molar-refractivity contribution in [2.45, 2.75) is 6.10 Å². The smallest absolute Gasteiger partial charge is 0.115 e. The van der Waals surface area contributed by atoms with Crippen LogP contribution in [-0.4, -0.2) is 23.8 Å². The Kier molecular flexibility index (Phi) is 1.28. The maximum Gasteiger partial charge on any atom is 0.115 e. The van der Waals surface area contributed by atoms with Gasteiger partial charge in [0.05, 0.1) is 11.6 Å². The molecule has 0 bridgehead atoms.